The molecule has 30 heavy (non-hydrogen) atoms. The van der Waals surface area contributed by atoms with Gasteiger partial charge in [0.25, 0.3) is 5.91 Å². The number of carbonyl (C=O) groups is 1. The molecule has 6 heteroatoms. The third-order valence-electron chi connectivity index (χ3n) is 5.69. The van der Waals surface area contributed by atoms with Gasteiger partial charge in [0.05, 0.1) is 11.4 Å². The van der Waals surface area contributed by atoms with Gasteiger partial charge >= 0.3 is 0 Å². The van der Waals surface area contributed by atoms with E-state index >= 15 is 0 Å². The van der Waals surface area contributed by atoms with Crippen LogP contribution in [-0.2, 0) is 5.41 Å². The van der Waals surface area contributed by atoms with Crippen LogP contribution < -0.4 is 5.32 Å². The third-order valence-corrected chi connectivity index (χ3v) is 5.69. The van der Waals surface area contributed by atoms with E-state index in [4.69, 9.17) is 10.1 Å². The van der Waals surface area contributed by atoms with Crippen molar-refractivity contribution in [1.29, 1.82) is 0 Å². The lowest BCUT2D eigenvalue weighted by Gasteiger charge is -2.15. The molecule has 0 spiro atoms. The molecule has 1 aliphatic rings. The first-order valence-corrected chi connectivity index (χ1v) is 10.8. The van der Waals surface area contributed by atoms with Gasteiger partial charge in [-0.15, -0.1) is 0 Å². The van der Waals surface area contributed by atoms with Gasteiger partial charge in [0.2, 0.25) is 0 Å². The van der Waals surface area contributed by atoms with Crippen molar-refractivity contribution in [2.24, 2.45) is 0 Å². The van der Waals surface area contributed by atoms with Gasteiger partial charge in [0.1, 0.15) is 5.69 Å². The Morgan fingerprint density at radius 2 is 1.80 bits per heavy atom. The maximum atomic E-state index is 13.1. The summed E-state index contributed by atoms with van der Waals surface area (Å²) in [6.07, 6.45) is 2.50. The Labute approximate surface area is 178 Å². The molecular formula is C24H31N5O. The Morgan fingerprint density at radius 1 is 1.10 bits per heavy atom. The predicted octanol–water partition coefficient (Wildman–Crippen LogP) is 3.83. The first-order valence-electron chi connectivity index (χ1n) is 10.8. The minimum atomic E-state index is -0.124. The molecule has 3 heterocycles. The summed E-state index contributed by atoms with van der Waals surface area (Å²) >= 11 is 0. The fraction of sp³-hybridized carbons (Fsp3) is 0.458. The molecule has 1 fully saturated rings. The molecule has 0 unspecified atom stereocenters. The number of nitrogens with one attached hydrogen (secondary N) is 1. The third kappa shape index (κ3) is 4.38. The molecule has 6 nitrogen and oxygen atoms in total. The van der Waals surface area contributed by atoms with Crippen molar-refractivity contribution in [3.8, 4) is 11.3 Å². The molecule has 1 amide bonds. The van der Waals surface area contributed by atoms with Crippen LogP contribution in [0.15, 0.2) is 36.4 Å². The van der Waals surface area contributed by atoms with Crippen molar-refractivity contribution in [2.45, 2.75) is 46.0 Å². The molecule has 0 aliphatic carbocycles. The molecule has 2 aromatic heterocycles. The number of hydrogen-bond donors (Lipinski definition) is 1. The number of nitrogens with zero attached hydrogens (tertiary/aromatic N) is 4. The highest BCUT2D eigenvalue weighted by atomic mass is 16.2. The topological polar surface area (TPSA) is 62.5 Å². The fourth-order valence-corrected chi connectivity index (χ4v) is 3.80. The van der Waals surface area contributed by atoms with E-state index in [1.54, 1.807) is 4.52 Å². The van der Waals surface area contributed by atoms with Gasteiger partial charge in [-0.1, -0.05) is 50.6 Å². The van der Waals surface area contributed by atoms with Crippen LogP contribution in [-0.4, -0.2) is 51.6 Å². The van der Waals surface area contributed by atoms with Crippen molar-refractivity contribution in [2.75, 3.05) is 26.2 Å². The van der Waals surface area contributed by atoms with Crippen LogP contribution in [0.25, 0.3) is 16.9 Å². The highest BCUT2D eigenvalue weighted by molar-refractivity contribution is 5.94. The Hall–Kier alpha value is -2.73. The lowest BCUT2D eigenvalue weighted by Crippen LogP contribution is -2.34. The second-order valence-electron chi connectivity index (χ2n) is 9.25. The summed E-state index contributed by atoms with van der Waals surface area (Å²) < 4.78 is 1.68. The molecule has 4 rings (SSSR count). The van der Waals surface area contributed by atoms with E-state index in [1.165, 1.54) is 18.4 Å². The largest absolute Gasteiger partial charge is 0.349 e. The average Bonchev–Trinajstić information content (AvgIpc) is 3.37. The fourth-order valence-electron chi connectivity index (χ4n) is 3.80. The van der Waals surface area contributed by atoms with Crippen LogP contribution in [0.2, 0.25) is 0 Å². The summed E-state index contributed by atoms with van der Waals surface area (Å²) in [5.74, 6) is -0.112. The van der Waals surface area contributed by atoms with E-state index in [1.807, 2.05) is 24.3 Å². The molecule has 1 aliphatic heterocycles. The number of fused-ring (bicyclic) bond motifs is 1. The number of aromatic nitrogens is 3. The Kier molecular flexibility index (Phi) is 5.60. The maximum absolute atomic E-state index is 13.1. The highest BCUT2D eigenvalue weighted by Gasteiger charge is 2.22. The Morgan fingerprint density at radius 3 is 2.47 bits per heavy atom. The predicted molar refractivity (Wildman–Crippen MR) is 120 cm³/mol. The van der Waals surface area contributed by atoms with Crippen molar-refractivity contribution in [3.63, 3.8) is 0 Å². The van der Waals surface area contributed by atoms with Gasteiger partial charge in [0, 0.05) is 30.1 Å². The second kappa shape index (κ2) is 8.19. The van der Waals surface area contributed by atoms with E-state index < -0.39 is 0 Å². The first-order chi connectivity index (χ1) is 14.3. The van der Waals surface area contributed by atoms with Crippen LogP contribution in [0.1, 0.15) is 55.4 Å². The number of benzene rings is 1. The number of carbonyl (C=O) groups excluding carboxylic acids is 1. The molecule has 1 saturated heterocycles. The van der Waals surface area contributed by atoms with Crippen LogP contribution in [0.4, 0.5) is 0 Å². The summed E-state index contributed by atoms with van der Waals surface area (Å²) in [5, 5.41) is 7.81. The van der Waals surface area contributed by atoms with Crippen molar-refractivity contribution < 1.29 is 4.79 Å². The van der Waals surface area contributed by atoms with Crippen LogP contribution in [0.5, 0.6) is 0 Å². The summed E-state index contributed by atoms with van der Waals surface area (Å²) in [5.41, 5.74) is 4.98. The van der Waals surface area contributed by atoms with Gasteiger partial charge in [-0.05, 0) is 38.9 Å². The summed E-state index contributed by atoms with van der Waals surface area (Å²) in [6, 6.07) is 12.1. The minimum Gasteiger partial charge on any atom is -0.349 e. The van der Waals surface area contributed by atoms with Crippen LogP contribution in [0.3, 0.4) is 0 Å². The van der Waals surface area contributed by atoms with Gasteiger partial charge in [-0.3, -0.25) is 4.79 Å². The first kappa shape index (κ1) is 20.5. The Bertz CT molecular complexity index is 1040. The van der Waals surface area contributed by atoms with E-state index in [0.29, 0.717) is 17.9 Å². The zero-order valence-corrected chi connectivity index (χ0v) is 18.4. The van der Waals surface area contributed by atoms with Gasteiger partial charge < -0.3 is 10.2 Å². The van der Waals surface area contributed by atoms with Crippen molar-refractivity contribution >= 4 is 11.6 Å². The number of aryl methyl sites for hydroxylation is 1. The quantitative estimate of drug-likeness (QED) is 0.701. The maximum Gasteiger partial charge on any atom is 0.270 e. The monoisotopic (exact) mass is 405 g/mol. The van der Waals surface area contributed by atoms with Crippen LogP contribution in [0, 0.1) is 6.92 Å². The summed E-state index contributed by atoms with van der Waals surface area (Å²) in [4.78, 5) is 20.3. The lowest BCUT2D eigenvalue weighted by atomic mass is 9.93. The molecule has 158 valence electrons. The van der Waals surface area contributed by atoms with Crippen molar-refractivity contribution in [3.05, 3.63) is 53.3 Å². The van der Waals surface area contributed by atoms with E-state index in [-0.39, 0.29) is 11.3 Å². The minimum absolute atomic E-state index is 0.112. The number of rotatable bonds is 5. The van der Waals surface area contributed by atoms with E-state index in [0.717, 1.165) is 36.6 Å². The van der Waals surface area contributed by atoms with E-state index in [9.17, 15) is 4.79 Å². The zero-order chi connectivity index (χ0) is 21.3. The molecule has 0 bridgehead atoms. The molecule has 1 aromatic carbocycles. The average molecular weight is 406 g/mol. The summed E-state index contributed by atoms with van der Waals surface area (Å²) in [6.45, 7) is 12.2. The van der Waals surface area contributed by atoms with Crippen LogP contribution >= 0.6 is 0 Å². The van der Waals surface area contributed by atoms with Gasteiger partial charge in [0.15, 0.2) is 5.65 Å². The SMILES string of the molecule is Cc1ccc(-c2cc(C(=O)NCCN3CCCC3)n3nc(C(C)(C)C)cc3n2)cc1. The lowest BCUT2D eigenvalue weighted by molar-refractivity contribution is 0.0942. The molecule has 3 aromatic rings. The van der Waals surface area contributed by atoms with Crippen molar-refractivity contribution in [1.82, 2.24) is 24.8 Å². The smallest absolute Gasteiger partial charge is 0.270 e. The Balaban J connectivity index is 1.68. The molecular weight excluding hydrogens is 374 g/mol. The number of hydrogen-bond acceptors (Lipinski definition) is 4. The number of amides is 1. The molecule has 1 N–H and O–H groups in total. The van der Waals surface area contributed by atoms with Gasteiger partial charge in [-0.2, -0.15) is 5.10 Å². The molecule has 0 saturated carbocycles. The normalized spacial score (nSPS) is 15.1. The summed E-state index contributed by atoms with van der Waals surface area (Å²) in [7, 11) is 0. The van der Waals surface area contributed by atoms with Gasteiger partial charge in [-0.25, -0.2) is 9.50 Å². The zero-order valence-electron chi connectivity index (χ0n) is 18.4. The highest BCUT2D eigenvalue weighted by Crippen LogP contribution is 2.25. The standard InChI is InChI=1S/C24H31N5O/c1-17-7-9-18(10-8-17)19-15-20(23(30)25-11-14-28-12-5-6-13-28)29-22(26-19)16-21(27-29)24(2,3)4/h7-10,15-16H,5-6,11-14H2,1-4H3,(H,25,30). The van der Waals surface area contributed by atoms with E-state index in [2.05, 4.69) is 50.0 Å². The second-order valence-corrected chi connectivity index (χ2v) is 9.25. The molecule has 0 radical (unpaired) electrons. The molecule has 0 atom stereocenters. The number of likely N-dealkylation sites (tertiary alicyclic amines) is 1.